The van der Waals surface area contributed by atoms with Crippen LogP contribution in [-0.2, 0) is 0 Å². The predicted octanol–water partition coefficient (Wildman–Crippen LogP) is 1.59. The second kappa shape index (κ2) is 6.68. The van der Waals surface area contributed by atoms with E-state index in [1.807, 2.05) is 24.3 Å². The fourth-order valence-electron chi connectivity index (χ4n) is 2.42. The lowest BCUT2D eigenvalue weighted by Gasteiger charge is -2.31. The summed E-state index contributed by atoms with van der Waals surface area (Å²) in [5, 5.41) is 6.92. The minimum absolute atomic E-state index is 0.110. The molecule has 1 aliphatic heterocycles. The van der Waals surface area contributed by atoms with Crippen molar-refractivity contribution in [2.45, 2.75) is 19.4 Å². The first-order chi connectivity index (χ1) is 9.15. The third kappa shape index (κ3) is 4.33. The highest BCUT2D eigenvalue weighted by Gasteiger charge is 2.15. The van der Waals surface area contributed by atoms with E-state index in [2.05, 4.69) is 22.6 Å². The lowest BCUT2D eigenvalue weighted by Crippen LogP contribution is -2.49. The normalized spacial score (nSPS) is 20.2. The first-order valence-corrected chi connectivity index (χ1v) is 6.92. The number of anilines is 1. The van der Waals surface area contributed by atoms with E-state index in [-0.39, 0.29) is 5.78 Å². The Labute approximate surface area is 115 Å². The Kier molecular flexibility index (Phi) is 4.93. The van der Waals surface area contributed by atoms with Gasteiger partial charge < -0.3 is 15.5 Å². The Morgan fingerprint density at radius 1 is 1.53 bits per heavy atom. The summed E-state index contributed by atoms with van der Waals surface area (Å²) in [4.78, 5) is 13.7. The minimum atomic E-state index is 0.110. The number of hydrogen-bond acceptors (Lipinski definition) is 4. The number of ketones is 1. The molecule has 0 bridgehead atoms. The van der Waals surface area contributed by atoms with Gasteiger partial charge in [0, 0.05) is 43.5 Å². The van der Waals surface area contributed by atoms with Crippen LogP contribution in [0, 0.1) is 0 Å². The number of benzene rings is 1. The second-order valence-corrected chi connectivity index (χ2v) is 5.27. The molecule has 1 aliphatic rings. The average molecular weight is 261 g/mol. The van der Waals surface area contributed by atoms with Crippen LogP contribution in [0.5, 0.6) is 0 Å². The molecule has 1 aromatic carbocycles. The maximum Gasteiger partial charge on any atom is 0.159 e. The highest BCUT2D eigenvalue weighted by atomic mass is 16.1. The van der Waals surface area contributed by atoms with Crippen molar-refractivity contribution in [3.8, 4) is 0 Å². The summed E-state index contributed by atoms with van der Waals surface area (Å²) in [6, 6.07) is 8.26. The Morgan fingerprint density at radius 2 is 2.37 bits per heavy atom. The Morgan fingerprint density at radius 3 is 3.11 bits per heavy atom. The molecule has 0 spiro atoms. The molecule has 104 valence electrons. The Bertz CT molecular complexity index is 433. The zero-order valence-corrected chi connectivity index (χ0v) is 11.8. The highest BCUT2D eigenvalue weighted by Crippen LogP contribution is 2.11. The van der Waals surface area contributed by atoms with Gasteiger partial charge in [-0.2, -0.15) is 0 Å². The third-order valence-electron chi connectivity index (χ3n) is 3.55. The maximum absolute atomic E-state index is 11.3. The number of Topliss-reactive ketones (excluding diaryl/α,β-unsaturated/α-hetero) is 1. The van der Waals surface area contributed by atoms with E-state index < -0.39 is 0 Å². The van der Waals surface area contributed by atoms with Crippen LogP contribution in [0.1, 0.15) is 23.7 Å². The number of piperazine rings is 1. The van der Waals surface area contributed by atoms with Gasteiger partial charge in [0.2, 0.25) is 0 Å². The zero-order valence-electron chi connectivity index (χ0n) is 11.8. The first kappa shape index (κ1) is 14.0. The molecule has 1 aromatic rings. The fraction of sp³-hybridized carbons (Fsp3) is 0.533. The SMILES string of the molecule is CC(=O)c1cccc(NCCC2CN(C)CCN2)c1. The second-order valence-electron chi connectivity index (χ2n) is 5.27. The van der Waals surface area contributed by atoms with E-state index in [1.165, 1.54) is 0 Å². The van der Waals surface area contributed by atoms with Gasteiger partial charge in [0.25, 0.3) is 0 Å². The van der Waals surface area contributed by atoms with Gasteiger partial charge in [0.15, 0.2) is 5.78 Å². The Balaban J connectivity index is 1.79. The Hall–Kier alpha value is -1.39. The summed E-state index contributed by atoms with van der Waals surface area (Å²) in [6.45, 7) is 5.83. The number of carbonyl (C=O) groups excluding carboxylic acids is 1. The van der Waals surface area contributed by atoms with Crippen LogP contribution in [0.3, 0.4) is 0 Å². The molecule has 0 amide bonds. The van der Waals surface area contributed by atoms with Crippen LogP contribution < -0.4 is 10.6 Å². The largest absolute Gasteiger partial charge is 0.385 e. The van der Waals surface area contributed by atoms with Gasteiger partial charge in [-0.15, -0.1) is 0 Å². The predicted molar refractivity (Wildman–Crippen MR) is 78.8 cm³/mol. The quantitative estimate of drug-likeness (QED) is 0.790. The molecular formula is C15H23N3O. The molecule has 1 fully saturated rings. The van der Waals surface area contributed by atoms with Crippen molar-refractivity contribution in [3.63, 3.8) is 0 Å². The van der Waals surface area contributed by atoms with E-state index >= 15 is 0 Å². The van der Waals surface area contributed by atoms with Gasteiger partial charge in [-0.3, -0.25) is 4.79 Å². The molecule has 19 heavy (non-hydrogen) atoms. The molecule has 0 radical (unpaired) electrons. The molecule has 2 rings (SSSR count). The standard InChI is InChI=1S/C15H23N3O/c1-12(19)13-4-3-5-14(10-13)16-7-6-15-11-18(2)9-8-17-15/h3-5,10,15-17H,6-9,11H2,1-2H3. The molecular weight excluding hydrogens is 238 g/mol. The van der Waals surface area contributed by atoms with E-state index in [9.17, 15) is 4.79 Å². The lowest BCUT2D eigenvalue weighted by atomic mass is 10.1. The summed E-state index contributed by atoms with van der Waals surface area (Å²) < 4.78 is 0. The molecule has 1 atom stereocenters. The smallest absolute Gasteiger partial charge is 0.159 e. The molecule has 0 saturated carbocycles. The highest BCUT2D eigenvalue weighted by molar-refractivity contribution is 5.94. The van der Waals surface area contributed by atoms with Gasteiger partial charge in [-0.1, -0.05) is 12.1 Å². The summed E-state index contributed by atoms with van der Waals surface area (Å²) >= 11 is 0. The van der Waals surface area contributed by atoms with Crippen LogP contribution >= 0.6 is 0 Å². The molecule has 0 aromatic heterocycles. The topological polar surface area (TPSA) is 44.4 Å². The first-order valence-electron chi connectivity index (χ1n) is 6.92. The molecule has 1 heterocycles. The number of nitrogens with one attached hydrogen (secondary N) is 2. The van der Waals surface area contributed by atoms with Crippen molar-refractivity contribution in [2.24, 2.45) is 0 Å². The number of nitrogens with zero attached hydrogens (tertiary/aromatic N) is 1. The van der Waals surface area contributed by atoms with Crippen LogP contribution in [-0.4, -0.2) is 50.0 Å². The summed E-state index contributed by atoms with van der Waals surface area (Å²) in [5.41, 5.74) is 1.79. The van der Waals surface area contributed by atoms with Gasteiger partial charge in [-0.05, 0) is 32.5 Å². The fourth-order valence-corrected chi connectivity index (χ4v) is 2.42. The summed E-state index contributed by atoms with van der Waals surface area (Å²) in [6.07, 6.45) is 1.09. The van der Waals surface area contributed by atoms with E-state index in [1.54, 1.807) is 6.92 Å². The van der Waals surface area contributed by atoms with Crippen LogP contribution in [0.25, 0.3) is 0 Å². The molecule has 1 saturated heterocycles. The number of rotatable bonds is 5. The van der Waals surface area contributed by atoms with Crippen LogP contribution in [0.4, 0.5) is 5.69 Å². The monoisotopic (exact) mass is 261 g/mol. The number of carbonyl (C=O) groups is 1. The maximum atomic E-state index is 11.3. The average Bonchev–Trinajstić information content (AvgIpc) is 2.39. The minimum Gasteiger partial charge on any atom is -0.385 e. The van der Waals surface area contributed by atoms with Crippen molar-refractivity contribution in [3.05, 3.63) is 29.8 Å². The number of hydrogen-bond donors (Lipinski definition) is 2. The van der Waals surface area contributed by atoms with Crippen molar-refractivity contribution < 1.29 is 4.79 Å². The van der Waals surface area contributed by atoms with Crippen molar-refractivity contribution in [1.29, 1.82) is 0 Å². The zero-order chi connectivity index (χ0) is 13.7. The lowest BCUT2D eigenvalue weighted by molar-refractivity contribution is 0.101. The molecule has 4 nitrogen and oxygen atoms in total. The van der Waals surface area contributed by atoms with Gasteiger partial charge in [0.05, 0.1) is 0 Å². The van der Waals surface area contributed by atoms with Crippen LogP contribution in [0.2, 0.25) is 0 Å². The molecule has 2 N–H and O–H groups in total. The van der Waals surface area contributed by atoms with Gasteiger partial charge in [-0.25, -0.2) is 0 Å². The number of likely N-dealkylation sites (N-methyl/N-ethyl adjacent to an activating group) is 1. The van der Waals surface area contributed by atoms with Gasteiger partial charge in [0.1, 0.15) is 0 Å². The molecule has 4 heteroatoms. The van der Waals surface area contributed by atoms with E-state index in [4.69, 9.17) is 0 Å². The van der Waals surface area contributed by atoms with E-state index in [0.29, 0.717) is 6.04 Å². The van der Waals surface area contributed by atoms with Crippen molar-refractivity contribution in [1.82, 2.24) is 10.2 Å². The van der Waals surface area contributed by atoms with Crippen LogP contribution in [0.15, 0.2) is 24.3 Å². The summed E-state index contributed by atoms with van der Waals surface area (Å²) in [7, 11) is 2.16. The third-order valence-corrected chi connectivity index (χ3v) is 3.55. The summed E-state index contributed by atoms with van der Waals surface area (Å²) in [5.74, 6) is 0.110. The van der Waals surface area contributed by atoms with Crippen molar-refractivity contribution >= 4 is 11.5 Å². The van der Waals surface area contributed by atoms with Crippen molar-refractivity contribution in [2.75, 3.05) is 38.5 Å². The van der Waals surface area contributed by atoms with E-state index in [0.717, 1.165) is 43.9 Å². The van der Waals surface area contributed by atoms with Gasteiger partial charge >= 0.3 is 0 Å². The molecule has 0 aliphatic carbocycles. The molecule has 1 unspecified atom stereocenters.